The molecule has 1 atom stereocenters. The van der Waals surface area contributed by atoms with E-state index < -0.39 is 0 Å². The predicted octanol–water partition coefficient (Wildman–Crippen LogP) is 0.398. The highest BCUT2D eigenvalue weighted by Gasteiger charge is 2.47. The fourth-order valence-electron chi connectivity index (χ4n) is 3.19. The Hall–Kier alpha value is -1.82. The van der Waals surface area contributed by atoms with Crippen LogP contribution in [0.1, 0.15) is 36.0 Å². The van der Waals surface area contributed by atoms with Crippen molar-refractivity contribution in [2.75, 3.05) is 13.7 Å². The molecule has 1 unspecified atom stereocenters. The third-order valence-electron chi connectivity index (χ3n) is 4.48. The summed E-state index contributed by atoms with van der Waals surface area (Å²) in [6.07, 6.45) is 5.78. The zero-order valence-corrected chi connectivity index (χ0v) is 11.5. The molecule has 0 bridgehead atoms. The fourth-order valence-corrected chi connectivity index (χ4v) is 3.19. The second-order valence-electron chi connectivity index (χ2n) is 5.53. The van der Waals surface area contributed by atoms with Gasteiger partial charge in [0, 0.05) is 23.8 Å². The predicted molar refractivity (Wildman–Crippen MR) is 74.1 cm³/mol. The van der Waals surface area contributed by atoms with Gasteiger partial charge in [-0.25, -0.2) is 0 Å². The Morgan fingerprint density at radius 2 is 2.30 bits per heavy atom. The number of methoxy groups -OCH3 is 1. The Labute approximate surface area is 116 Å². The van der Waals surface area contributed by atoms with Crippen molar-refractivity contribution in [1.82, 2.24) is 15.6 Å². The second kappa shape index (κ2) is 4.94. The summed E-state index contributed by atoms with van der Waals surface area (Å²) >= 11 is 0. The van der Waals surface area contributed by atoms with Crippen molar-refractivity contribution in [3.8, 4) is 5.75 Å². The topological polar surface area (TPSA) is 83.2 Å². The molecule has 1 saturated heterocycles. The summed E-state index contributed by atoms with van der Waals surface area (Å²) in [5.74, 6) is 0.109. The van der Waals surface area contributed by atoms with E-state index in [9.17, 15) is 9.59 Å². The van der Waals surface area contributed by atoms with E-state index in [1.165, 1.54) is 25.8 Å². The lowest BCUT2D eigenvalue weighted by atomic mass is 9.73. The summed E-state index contributed by atoms with van der Waals surface area (Å²) in [6.45, 7) is 0.938. The first-order valence-corrected chi connectivity index (χ1v) is 6.97. The molecular weight excluding hydrogens is 258 g/mol. The van der Waals surface area contributed by atoms with Crippen LogP contribution in [0.4, 0.5) is 0 Å². The molecule has 2 heterocycles. The number of rotatable bonds is 3. The first kappa shape index (κ1) is 13.2. The number of pyridine rings is 1. The van der Waals surface area contributed by atoms with Crippen molar-refractivity contribution in [3.05, 3.63) is 28.2 Å². The van der Waals surface area contributed by atoms with Gasteiger partial charge in [-0.3, -0.25) is 9.59 Å². The van der Waals surface area contributed by atoms with Crippen molar-refractivity contribution < 1.29 is 9.53 Å². The zero-order valence-electron chi connectivity index (χ0n) is 11.5. The standard InChI is InChI=1S/C14H19N3O3/c1-20-10-7-12(18)15-8-9(10)13(19)17-11-3-6-16-14(11)4-2-5-14/h7-8,11,16H,2-6H2,1H3,(H,15,18)(H,17,19). The monoisotopic (exact) mass is 277 g/mol. The largest absolute Gasteiger partial charge is 0.496 e. The zero-order chi connectivity index (χ0) is 14.2. The molecule has 0 aromatic carbocycles. The van der Waals surface area contributed by atoms with E-state index >= 15 is 0 Å². The summed E-state index contributed by atoms with van der Waals surface area (Å²) in [7, 11) is 1.45. The number of hydrogen-bond donors (Lipinski definition) is 3. The number of carbonyl (C=O) groups excluding carboxylic acids is 1. The molecule has 2 fully saturated rings. The maximum absolute atomic E-state index is 12.4. The lowest BCUT2D eigenvalue weighted by Gasteiger charge is -2.43. The van der Waals surface area contributed by atoms with Crippen LogP contribution < -0.4 is 20.9 Å². The molecule has 1 amide bonds. The second-order valence-corrected chi connectivity index (χ2v) is 5.53. The van der Waals surface area contributed by atoms with Gasteiger partial charge in [-0.05, 0) is 32.2 Å². The van der Waals surface area contributed by atoms with Gasteiger partial charge in [-0.15, -0.1) is 0 Å². The molecule has 1 aliphatic heterocycles. The Morgan fingerprint density at radius 1 is 1.50 bits per heavy atom. The number of aromatic nitrogens is 1. The lowest BCUT2D eigenvalue weighted by molar-refractivity contribution is 0.0878. The molecule has 20 heavy (non-hydrogen) atoms. The number of ether oxygens (including phenoxy) is 1. The van der Waals surface area contributed by atoms with E-state index in [0.29, 0.717) is 11.3 Å². The molecule has 108 valence electrons. The van der Waals surface area contributed by atoms with Crippen LogP contribution in [0.3, 0.4) is 0 Å². The Bertz CT molecular complexity index is 577. The van der Waals surface area contributed by atoms with Gasteiger partial charge in [0.05, 0.1) is 12.7 Å². The van der Waals surface area contributed by atoms with E-state index in [1.807, 2.05) is 0 Å². The smallest absolute Gasteiger partial charge is 0.256 e. The first-order valence-electron chi connectivity index (χ1n) is 6.97. The molecule has 3 rings (SSSR count). The minimum atomic E-state index is -0.281. The fraction of sp³-hybridized carbons (Fsp3) is 0.571. The lowest BCUT2D eigenvalue weighted by Crippen LogP contribution is -2.59. The summed E-state index contributed by atoms with van der Waals surface area (Å²) in [4.78, 5) is 26.1. The van der Waals surface area contributed by atoms with E-state index in [0.717, 1.165) is 25.8 Å². The highest BCUT2D eigenvalue weighted by Crippen LogP contribution is 2.39. The van der Waals surface area contributed by atoms with Gasteiger partial charge in [-0.2, -0.15) is 0 Å². The van der Waals surface area contributed by atoms with E-state index in [4.69, 9.17) is 4.74 Å². The molecule has 2 aliphatic rings. The maximum atomic E-state index is 12.4. The number of nitrogens with one attached hydrogen (secondary N) is 3. The normalized spacial score (nSPS) is 23.4. The molecular formula is C14H19N3O3. The Morgan fingerprint density at radius 3 is 2.95 bits per heavy atom. The molecule has 6 heteroatoms. The third-order valence-corrected chi connectivity index (χ3v) is 4.48. The molecule has 1 aromatic heterocycles. The van der Waals surface area contributed by atoms with Gasteiger partial charge in [0.2, 0.25) is 0 Å². The SMILES string of the molecule is COc1cc(=O)[nH]cc1C(=O)NC1CCNC12CCC2. The van der Waals surface area contributed by atoms with Crippen molar-refractivity contribution in [1.29, 1.82) is 0 Å². The van der Waals surface area contributed by atoms with Gasteiger partial charge in [0.1, 0.15) is 5.75 Å². The van der Waals surface area contributed by atoms with Gasteiger partial charge in [0.25, 0.3) is 11.5 Å². The number of H-pyrrole nitrogens is 1. The van der Waals surface area contributed by atoms with Crippen molar-refractivity contribution >= 4 is 5.91 Å². The average Bonchev–Trinajstić information content (AvgIpc) is 2.82. The summed E-state index contributed by atoms with van der Waals surface area (Å²) in [5, 5.41) is 6.59. The van der Waals surface area contributed by atoms with Crippen LogP contribution in [0.2, 0.25) is 0 Å². The molecule has 6 nitrogen and oxygen atoms in total. The van der Waals surface area contributed by atoms with Crippen LogP contribution in [-0.2, 0) is 0 Å². The summed E-state index contributed by atoms with van der Waals surface area (Å²) < 4.78 is 5.11. The van der Waals surface area contributed by atoms with Crippen LogP contribution >= 0.6 is 0 Å². The highest BCUT2D eigenvalue weighted by molar-refractivity contribution is 5.96. The van der Waals surface area contributed by atoms with Gasteiger partial charge < -0.3 is 20.4 Å². The third kappa shape index (κ3) is 2.10. The van der Waals surface area contributed by atoms with Crippen LogP contribution in [0.5, 0.6) is 5.75 Å². The number of aromatic amines is 1. The summed E-state index contributed by atoms with van der Waals surface area (Å²) in [6, 6.07) is 1.45. The van der Waals surface area contributed by atoms with E-state index in [-0.39, 0.29) is 23.0 Å². The molecule has 1 saturated carbocycles. The van der Waals surface area contributed by atoms with E-state index in [2.05, 4.69) is 15.6 Å². The van der Waals surface area contributed by atoms with Crippen LogP contribution in [0, 0.1) is 0 Å². The number of hydrogen-bond acceptors (Lipinski definition) is 4. The number of amides is 1. The molecule has 3 N–H and O–H groups in total. The Kier molecular flexibility index (Phi) is 3.25. The summed E-state index contributed by atoms with van der Waals surface area (Å²) in [5.41, 5.74) is 0.176. The van der Waals surface area contributed by atoms with Gasteiger partial charge >= 0.3 is 0 Å². The minimum Gasteiger partial charge on any atom is -0.496 e. The molecule has 1 aliphatic carbocycles. The van der Waals surface area contributed by atoms with Gasteiger partial charge in [-0.1, -0.05) is 0 Å². The maximum Gasteiger partial charge on any atom is 0.256 e. The number of carbonyl (C=O) groups is 1. The molecule has 0 radical (unpaired) electrons. The van der Waals surface area contributed by atoms with Crippen LogP contribution in [0.25, 0.3) is 0 Å². The van der Waals surface area contributed by atoms with Crippen LogP contribution in [0.15, 0.2) is 17.1 Å². The van der Waals surface area contributed by atoms with Crippen molar-refractivity contribution in [3.63, 3.8) is 0 Å². The van der Waals surface area contributed by atoms with Crippen molar-refractivity contribution in [2.24, 2.45) is 0 Å². The van der Waals surface area contributed by atoms with Gasteiger partial charge in [0.15, 0.2) is 0 Å². The quantitative estimate of drug-likeness (QED) is 0.746. The van der Waals surface area contributed by atoms with Crippen molar-refractivity contribution in [2.45, 2.75) is 37.3 Å². The average molecular weight is 277 g/mol. The Balaban J connectivity index is 1.78. The van der Waals surface area contributed by atoms with E-state index in [1.54, 1.807) is 0 Å². The molecule has 1 spiro atoms. The van der Waals surface area contributed by atoms with Crippen LogP contribution in [-0.4, -0.2) is 36.1 Å². The minimum absolute atomic E-state index is 0.0884. The highest BCUT2D eigenvalue weighted by atomic mass is 16.5. The molecule has 1 aromatic rings. The first-order chi connectivity index (χ1) is 9.64.